The lowest BCUT2D eigenvalue weighted by molar-refractivity contribution is 0.382. The first-order chi connectivity index (χ1) is 8.27. The molecular weight excluding hydrogens is 210 g/mol. The molecule has 1 aromatic carbocycles. The number of rotatable bonds is 5. The molecule has 2 atom stereocenters. The molecule has 1 aromatic heterocycles. The Morgan fingerprint density at radius 2 is 2.06 bits per heavy atom. The Balaban J connectivity index is 2.36. The summed E-state index contributed by atoms with van der Waals surface area (Å²) in [6.45, 7) is 4.53. The Morgan fingerprint density at radius 3 is 2.76 bits per heavy atom. The average Bonchev–Trinajstić information content (AvgIpc) is 2.75. The maximum atomic E-state index is 5.62. The first kappa shape index (κ1) is 12.2. The van der Waals surface area contributed by atoms with Crippen molar-refractivity contribution in [3.05, 3.63) is 36.1 Å². The molecule has 0 amide bonds. The molecule has 0 bridgehead atoms. The van der Waals surface area contributed by atoms with Gasteiger partial charge in [-0.25, -0.2) is 0 Å². The van der Waals surface area contributed by atoms with Crippen molar-refractivity contribution < 1.29 is 4.42 Å². The summed E-state index contributed by atoms with van der Waals surface area (Å²) < 4.78 is 5.62. The highest BCUT2D eigenvalue weighted by atomic mass is 16.3. The number of hydrogen-bond donors (Lipinski definition) is 1. The third kappa shape index (κ3) is 2.37. The Kier molecular flexibility index (Phi) is 3.85. The maximum Gasteiger partial charge on any atom is 0.134 e. The van der Waals surface area contributed by atoms with Gasteiger partial charge in [0.25, 0.3) is 0 Å². The van der Waals surface area contributed by atoms with Crippen LogP contribution in [0.3, 0.4) is 0 Å². The summed E-state index contributed by atoms with van der Waals surface area (Å²) in [5, 5.41) is 4.65. The molecular formula is C15H21NO. The first-order valence-corrected chi connectivity index (χ1v) is 6.41. The number of fused-ring (bicyclic) bond motifs is 1. The van der Waals surface area contributed by atoms with Crippen LogP contribution in [0.1, 0.15) is 38.3 Å². The smallest absolute Gasteiger partial charge is 0.134 e. The molecule has 0 spiro atoms. The van der Waals surface area contributed by atoms with Gasteiger partial charge in [-0.3, -0.25) is 0 Å². The van der Waals surface area contributed by atoms with Gasteiger partial charge in [0.05, 0.1) is 6.26 Å². The van der Waals surface area contributed by atoms with Gasteiger partial charge in [-0.15, -0.1) is 0 Å². The maximum absolute atomic E-state index is 5.62. The standard InChI is InChI=1S/C15H21NO/c1-4-7-11(2)15(16-3)13-10-17-14-9-6-5-8-12(13)14/h5-6,8-11,15-16H,4,7H2,1-3H3. The van der Waals surface area contributed by atoms with Crippen molar-refractivity contribution in [3.8, 4) is 0 Å². The van der Waals surface area contributed by atoms with Crippen LogP contribution in [0.25, 0.3) is 11.0 Å². The lowest BCUT2D eigenvalue weighted by atomic mass is 9.91. The average molecular weight is 231 g/mol. The van der Waals surface area contributed by atoms with Crippen LogP contribution in [0.2, 0.25) is 0 Å². The number of furan rings is 1. The highest BCUT2D eigenvalue weighted by Crippen LogP contribution is 2.32. The SMILES string of the molecule is CCCC(C)C(NC)c1coc2ccccc12. The Labute approximate surface area is 103 Å². The van der Waals surface area contributed by atoms with Gasteiger partial charge in [-0.2, -0.15) is 0 Å². The van der Waals surface area contributed by atoms with Crippen LogP contribution < -0.4 is 5.32 Å². The molecule has 0 aliphatic rings. The van der Waals surface area contributed by atoms with E-state index in [2.05, 4.69) is 31.3 Å². The molecule has 0 saturated carbocycles. The van der Waals surface area contributed by atoms with E-state index in [4.69, 9.17) is 4.42 Å². The van der Waals surface area contributed by atoms with Gasteiger partial charge < -0.3 is 9.73 Å². The van der Waals surface area contributed by atoms with Crippen LogP contribution in [0.4, 0.5) is 0 Å². The van der Waals surface area contributed by atoms with Crippen LogP contribution in [0.5, 0.6) is 0 Å². The van der Waals surface area contributed by atoms with E-state index >= 15 is 0 Å². The summed E-state index contributed by atoms with van der Waals surface area (Å²) >= 11 is 0. The fourth-order valence-electron chi connectivity index (χ4n) is 2.61. The highest BCUT2D eigenvalue weighted by molar-refractivity contribution is 5.81. The Morgan fingerprint density at radius 1 is 1.29 bits per heavy atom. The van der Waals surface area contributed by atoms with E-state index in [-0.39, 0.29) is 0 Å². The van der Waals surface area contributed by atoms with Gasteiger partial charge in [0, 0.05) is 17.0 Å². The number of benzene rings is 1. The molecule has 92 valence electrons. The third-order valence-electron chi connectivity index (χ3n) is 3.47. The second-order valence-corrected chi connectivity index (χ2v) is 4.72. The molecule has 17 heavy (non-hydrogen) atoms. The van der Waals surface area contributed by atoms with E-state index < -0.39 is 0 Å². The van der Waals surface area contributed by atoms with Gasteiger partial charge in [0.15, 0.2) is 0 Å². The van der Waals surface area contributed by atoms with Crippen molar-refractivity contribution in [1.29, 1.82) is 0 Å². The summed E-state index contributed by atoms with van der Waals surface area (Å²) in [5.41, 5.74) is 2.26. The van der Waals surface area contributed by atoms with Crippen molar-refractivity contribution in [2.45, 2.75) is 32.7 Å². The molecule has 0 saturated heterocycles. The summed E-state index contributed by atoms with van der Waals surface area (Å²) in [6.07, 6.45) is 4.35. The zero-order valence-corrected chi connectivity index (χ0v) is 10.9. The summed E-state index contributed by atoms with van der Waals surface area (Å²) in [7, 11) is 2.03. The van der Waals surface area contributed by atoms with E-state index in [9.17, 15) is 0 Å². The van der Waals surface area contributed by atoms with Crippen LogP contribution in [-0.2, 0) is 0 Å². The minimum Gasteiger partial charge on any atom is -0.464 e. The van der Waals surface area contributed by atoms with E-state index in [0.717, 1.165) is 5.58 Å². The molecule has 0 fully saturated rings. The van der Waals surface area contributed by atoms with Crippen molar-refractivity contribution in [3.63, 3.8) is 0 Å². The fraction of sp³-hybridized carbons (Fsp3) is 0.467. The van der Waals surface area contributed by atoms with Crippen LogP contribution >= 0.6 is 0 Å². The normalized spacial score (nSPS) is 15.0. The van der Waals surface area contributed by atoms with E-state index in [1.807, 2.05) is 25.4 Å². The third-order valence-corrected chi connectivity index (χ3v) is 3.47. The monoisotopic (exact) mass is 231 g/mol. The molecule has 0 aliphatic heterocycles. The molecule has 1 N–H and O–H groups in total. The zero-order chi connectivity index (χ0) is 12.3. The number of para-hydroxylation sites is 1. The van der Waals surface area contributed by atoms with Gasteiger partial charge >= 0.3 is 0 Å². The summed E-state index contributed by atoms with van der Waals surface area (Å²) in [5.74, 6) is 0.617. The van der Waals surface area contributed by atoms with Crippen molar-refractivity contribution in [1.82, 2.24) is 5.32 Å². The minimum atomic E-state index is 0.374. The second-order valence-electron chi connectivity index (χ2n) is 4.72. The van der Waals surface area contributed by atoms with Crippen LogP contribution in [0.15, 0.2) is 34.9 Å². The summed E-state index contributed by atoms with van der Waals surface area (Å²) in [4.78, 5) is 0. The van der Waals surface area contributed by atoms with Crippen molar-refractivity contribution in [2.75, 3.05) is 7.05 Å². The van der Waals surface area contributed by atoms with E-state index in [1.165, 1.54) is 23.8 Å². The Bertz CT molecular complexity index is 474. The van der Waals surface area contributed by atoms with E-state index in [0.29, 0.717) is 12.0 Å². The topological polar surface area (TPSA) is 25.2 Å². The predicted octanol–water partition coefficient (Wildman–Crippen LogP) is 4.13. The number of hydrogen-bond acceptors (Lipinski definition) is 2. The molecule has 0 radical (unpaired) electrons. The van der Waals surface area contributed by atoms with Gasteiger partial charge in [-0.1, -0.05) is 38.5 Å². The highest BCUT2D eigenvalue weighted by Gasteiger charge is 2.20. The molecule has 2 rings (SSSR count). The lowest BCUT2D eigenvalue weighted by Gasteiger charge is -2.22. The van der Waals surface area contributed by atoms with Crippen molar-refractivity contribution in [2.24, 2.45) is 5.92 Å². The minimum absolute atomic E-state index is 0.374. The largest absolute Gasteiger partial charge is 0.464 e. The van der Waals surface area contributed by atoms with Crippen LogP contribution in [-0.4, -0.2) is 7.05 Å². The fourth-order valence-corrected chi connectivity index (χ4v) is 2.61. The molecule has 2 nitrogen and oxygen atoms in total. The molecule has 2 heteroatoms. The van der Waals surface area contributed by atoms with Crippen molar-refractivity contribution >= 4 is 11.0 Å². The van der Waals surface area contributed by atoms with Gasteiger partial charge in [0.1, 0.15) is 5.58 Å². The molecule has 2 unspecified atom stereocenters. The summed E-state index contributed by atoms with van der Waals surface area (Å²) in [6, 6.07) is 8.62. The molecule has 0 aliphatic carbocycles. The first-order valence-electron chi connectivity index (χ1n) is 6.41. The second kappa shape index (κ2) is 5.37. The van der Waals surface area contributed by atoms with Gasteiger partial charge in [-0.05, 0) is 25.5 Å². The quantitative estimate of drug-likeness (QED) is 0.837. The van der Waals surface area contributed by atoms with Crippen LogP contribution in [0, 0.1) is 5.92 Å². The lowest BCUT2D eigenvalue weighted by Crippen LogP contribution is -2.23. The Hall–Kier alpha value is -1.28. The van der Waals surface area contributed by atoms with E-state index in [1.54, 1.807) is 0 Å². The zero-order valence-electron chi connectivity index (χ0n) is 10.9. The predicted molar refractivity (Wildman–Crippen MR) is 72.1 cm³/mol. The molecule has 1 heterocycles. The number of nitrogens with one attached hydrogen (secondary N) is 1. The molecule has 2 aromatic rings. The van der Waals surface area contributed by atoms with Gasteiger partial charge in [0.2, 0.25) is 0 Å².